The average Bonchev–Trinajstić information content (AvgIpc) is 3.13. The maximum Gasteiger partial charge on any atom is 0.143 e. The van der Waals surface area contributed by atoms with Gasteiger partial charge in [-0.05, 0) is 31.5 Å². The first-order valence-electron chi connectivity index (χ1n) is 7.80. The molecule has 4 aromatic rings. The minimum absolute atomic E-state index is 0.250. The summed E-state index contributed by atoms with van der Waals surface area (Å²) in [7, 11) is 1.91. The molecule has 0 saturated carbocycles. The molecule has 0 fully saturated rings. The van der Waals surface area contributed by atoms with E-state index in [1.807, 2.05) is 31.0 Å². The van der Waals surface area contributed by atoms with Crippen molar-refractivity contribution in [1.29, 1.82) is 0 Å². The van der Waals surface area contributed by atoms with Crippen LogP contribution in [0, 0.1) is 19.7 Å². The molecular weight excluding hydrogens is 337 g/mol. The molecular formula is C18H16FN5S. The second-order valence-corrected chi connectivity index (χ2v) is 6.71. The third-order valence-electron chi connectivity index (χ3n) is 4.28. The summed E-state index contributed by atoms with van der Waals surface area (Å²) in [4.78, 5) is 9.70. The highest BCUT2D eigenvalue weighted by molar-refractivity contribution is 7.17. The molecule has 3 aromatic heterocycles. The van der Waals surface area contributed by atoms with Gasteiger partial charge in [-0.25, -0.2) is 14.4 Å². The fraction of sp³-hybridized carbons (Fsp3) is 0.167. The number of hydrogen-bond acceptors (Lipinski definition) is 5. The van der Waals surface area contributed by atoms with E-state index in [-0.39, 0.29) is 5.82 Å². The maximum absolute atomic E-state index is 13.3. The SMILES string of the molecule is Cc1nn(C)c(C)c1Nc1ncnc2scc(-c3ccc(F)cc3)c12. The first-order valence-corrected chi connectivity index (χ1v) is 8.68. The molecule has 25 heavy (non-hydrogen) atoms. The molecule has 0 bridgehead atoms. The summed E-state index contributed by atoms with van der Waals surface area (Å²) in [6.45, 7) is 3.97. The maximum atomic E-state index is 13.3. The van der Waals surface area contributed by atoms with E-state index in [0.717, 1.165) is 44.2 Å². The fourth-order valence-corrected chi connectivity index (χ4v) is 3.80. The molecule has 1 aromatic carbocycles. The molecule has 4 rings (SSSR count). The van der Waals surface area contributed by atoms with Crippen LogP contribution < -0.4 is 5.32 Å². The van der Waals surface area contributed by atoms with Gasteiger partial charge < -0.3 is 5.32 Å². The monoisotopic (exact) mass is 353 g/mol. The van der Waals surface area contributed by atoms with Crippen LogP contribution in [0.15, 0.2) is 36.0 Å². The Morgan fingerprint density at radius 1 is 1.12 bits per heavy atom. The summed E-state index contributed by atoms with van der Waals surface area (Å²) in [6.07, 6.45) is 1.55. The number of rotatable bonds is 3. The normalized spacial score (nSPS) is 11.2. The number of anilines is 2. The number of aromatic nitrogens is 4. The number of nitrogens with one attached hydrogen (secondary N) is 1. The van der Waals surface area contributed by atoms with Gasteiger partial charge in [0.1, 0.15) is 22.8 Å². The zero-order valence-electron chi connectivity index (χ0n) is 14.0. The molecule has 0 unspecified atom stereocenters. The van der Waals surface area contributed by atoms with Crippen LogP contribution >= 0.6 is 11.3 Å². The van der Waals surface area contributed by atoms with Gasteiger partial charge in [0, 0.05) is 18.0 Å². The lowest BCUT2D eigenvalue weighted by molar-refractivity contribution is 0.628. The molecule has 0 saturated heterocycles. The van der Waals surface area contributed by atoms with Crippen LogP contribution in [0.1, 0.15) is 11.4 Å². The number of aryl methyl sites for hydroxylation is 2. The van der Waals surface area contributed by atoms with Gasteiger partial charge in [0.25, 0.3) is 0 Å². The van der Waals surface area contributed by atoms with Crippen molar-refractivity contribution >= 4 is 33.1 Å². The van der Waals surface area contributed by atoms with Crippen LogP contribution in [0.3, 0.4) is 0 Å². The van der Waals surface area contributed by atoms with Crippen LogP contribution in [0.4, 0.5) is 15.9 Å². The largest absolute Gasteiger partial charge is 0.337 e. The molecule has 3 heterocycles. The Balaban J connectivity index is 1.87. The Kier molecular flexibility index (Phi) is 3.73. The van der Waals surface area contributed by atoms with Gasteiger partial charge in [0.2, 0.25) is 0 Å². The smallest absolute Gasteiger partial charge is 0.143 e. The summed E-state index contributed by atoms with van der Waals surface area (Å²) >= 11 is 1.55. The van der Waals surface area contributed by atoms with Crippen LogP contribution in [-0.2, 0) is 7.05 Å². The van der Waals surface area contributed by atoms with Crippen molar-refractivity contribution in [2.75, 3.05) is 5.32 Å². The first-order chi connectivity index (χ1) is 12.0. The lowest BCUT2D eigenvalue weighted by Crippen LogP contribution is -1.98. The highest BCUT2D eigenvalue weighted by atomic mass is 32.1. The van der Waals surface area contributed by atoms with Crippen LogP contribution in [0.25, 0.3) is 21.3 Å². The molecule has 0 atom stereocenters. The molecule has 5 nitrogen and oxygen atoms in total. The van der Waals surface area contributed by atoms with Crippen molar-refractivity contribution < 1.29 is 4.39 Å². The lowest BCUT2D eigenvalue weighted by Gasteiger charge is -2.09. The van der Waals surface area contributed by atoms with Gasteiger partial charge in [-0.1, -0.05) is 12.1 Å². The summed E-state index contributed by atoms with van der Waals surface area (Å²) in [6, 6.07) is 6.47. The van der Waals surface area contributed by atoms with Gasteiger partial charge >= 0.3 is 0 Å². The second kappa shape index (κ2) is 5.93. The minimum Gasteiger partial charge on any atom is -0.337 e. The van der Waals surface area contributed by atoms with E-state index in [0.29, 0.717) is 0 Å². The zero-order valence-corrected chi connectivity index (χ0v) is 14.9. The lowest BCUT2D eigenvalue weighted by atomic mass is 10.1. The molecule has 126 valence electrons. The third kappa shape index (κ3) is 2.66. The van der Waals surface area contributed by atoms with E-state index in [9.17, 15) is 4.39 Å². The second-order valence-electron chi connectivity index (χ2n) is 5.85. The number of benzene rings is 1. The van der Waals surface area contributed by atoms with Gasteiger partial charge in [-0.3, -0.25) is 4.68 Å². The summed E-state index contributed by atoms with van der Waals surface area (Å²) in [5, 5.41) is 10.8. The van der Waals surface area contributed by atoms with Crippen molar-refractivity contribution in [3.63, 3.8) is 0 Å². The first kappa shape index (κ1) is 15.7. The molecule has 7 heteroatoms. The van der Waals surface area contributed by atoms with Gasteiger partial charge in [-0.2, -0.15) is 5.10 Å². The Bertz CT molecular complexity index is 1070. The van der Waals surface area contributed by atoms with Crippen molar-refractivity contribution in [1.82, 2.24) is 19.7 Å². The van der Waals surface area contributed by atoms with Crippen molar-refractivity contribution in [3.8, 4) is 11.1 Å². The minimum atomic E-state index is -0.250. The molecule has 0 radical (unpaired) electrons. The standard InChI is InChI=1S/C18H16FN5S/c1-10-16(11(2)24(3)23-10)22-17-15-14(8-25-18(15)21-9-20-17)12-4-6-13(19)7-5-12/h4-9H,1-3H3,(H,20,21,22). The quantitative estimate of drug-likeness (QED) is 0.585. The Labute approximate surface area is 148 Å². The van der Waals surface area contributed by atoms with Crippen LogP contribution in [0.5, 0.6) is 0 Å². The van der Waals surface area contributed by atoms with E-state index >= 15 is 0 Å². The third-order valence-corrected chi connectivity index (χ3v) is 5.16. The van der Waals surface area contributed by atoms with E-state index in [1.165, 1.54) is 12.1 Å². The fourth-order valence-electron chi connectivity index (χ4n) is 2.88. The Morgan fingerprint density at radius 2 is 1.88 bits per heavy atom. The molecule has 1 N–H and O–H groups in total. The van der Waals surface area contributed by atoms with E-state index in [2.05, 4.69) is 20.4 Å². The summed E-state index contributed by atoms with van der Waals surface area (Å²) < 4.78 is 15.1. The molecule has 0 aliphatic heterocycles. The predicted molar refractivity (Wildman–Crippen MR) is 98.8 cm³/mol. The molecule has 0 spiro atoms. The molecule has 0 aliphatic rings. The number of nitrogens with zero attached hydrogens (tertiary/aromatic N) is 4. The van der Waals surface area contributed by atoms with Crippen molar-refractivity contribution in [2.45, 2.75) is 13.8 Å². The van der Waals surface area contributed by atoms with E-state index in [4.69, 9.17) is 0 Å². The zero-order chi connectivity index (χ0) is 17.6. The summed E-state index contributed by atoms with van der Waals surface area (Å²) in [5.41, 5.74) is 4.80. The van der Waals surface area contributed by atoms with Crippen LogP contribution in [-0.4, -0.2) is 19.7 Å². The number of thiophene rings is 1. The summed E-state index contributed by atoms with van der Waals surface area (Å²) in [5.74, 6) is 0.476. The number of halogens is 1. The van der Waals surface area contributed by atoms with E-state index in [1.54, 1.807) is 29.8 Å². The molecule has 0 amide bonds. The number of hydrogen-bond donors (Lipinski definition) is 1. The topological polar surface area (TPSA) is 55.6 Å². The van der Waals surface area contributed by atoms with Crippen LogP contribution in [0.2, 0.25) is 0 Å². The highest BCUT2D eigenvalue weighted by Crippen LogP contribution is 2.38. The van der Waals surface area contributed by atoms with Gasteiger partial charge in [0.15, 0.2) is 0 Å². The van der Waals surface area contributed by atoms with Crippen molar-refractivity contribution in [3.05, 3.63) is 53.2 Å². The van der Waals surface area contributed by atoms with E-state index < -0.39 is 0 Å². The molecule has 0 aliphatic carbocycles. The van der Waals surface area contributed by atoms with Crippen molar-refractivity contribution in [2.24, 2.45) is 7.05 Å². The predicted octanol–water partition coefficient (Wildman–Crippen LogP) is 4.59. The average molecular weight is 353 g/mol. The Hall–Kier alpha value is -2.80. The Morgan fingerprint density at radius 3 is 2.56 bits per heavy atom. The van der Waals surface area contributed by atoms with Gasteiger partial charge in [0.05, 0.1) is 22.5 Å². The van der Waals surface area contributed by atoms with Gasteiger partial charge in [-0.15, -0.1) is 11.3 Å². The highest BCUT2D eigenvalue weighted by Gasteiger charge is 2.16. The number of fused-ring (bicyclic) bond motifs is 1.